The lowest BCUT2D eigenvalue weighted by atomic mass is 10.0. The van der Waals surface area contributed by atoms with Crippen LogP contribution in [0.15, 0.2) is 42.5 Å². The fourth-order valence-electron chi connectivity index (χ4n) is 2.13. The predicted molar refractivity (Wildman–Crippen MR) is 67.0 cm³/mol. The summed E-state index contributed by atoms with van der Waals surface area (Å²) in [6.07, 6.45) is 1.81. The summed E-state index contributed by atoms with van der Waals surface area (Å²) >= 11 is 0. The molecule has 1 aromatic carbocycles. The molecule has 0 saturated carbocycles. The molecule has 5 nitrogen and oxygen atoms in total. The third-order valence-corrected chi connectivity index (χ3v) is 3.36. The van der Waals surface area contributed by atoms with Crippen LogP contribution >= 0.6 is 0 Å². The summed E-state index contributed by atoms with van der Waals surface area (Å²) in [5, 5.41) is 12.3. The Kier molecular flexibility index (Phi) is 3.10. The number of carbonyl (C=O) groups is 1. The number of hydrogen-bond donors (Lipinski definition) is 2. The van der Waals surface area contributed by atoms with Gasteiger partial charge in [-0.25, -0.2) is 4.79 Å². The van der Waals surface area contributed by atoms with E-state index in [1.165, 1.54) is 6.08 Å². The third kappa shape index (κ3) is 2.40. The van der Waals surface area contributed by atoms with E-state index in [0.717, 1.165) is 5.56 Å². The second kappa shape index (κ2) is 4.77. The van der Waals surface area contributed by atoms with Gasteiger partial charge in [-0.15, -0.1) is 0 Å². The van der Waals surface area contributed by atoms with E-state index < -0.39 is 17.9 Å². The lowest BCUT2D eigenvalue weighted by Gasteiger charge is -2.19. The van der Waals surface area contributed by atoms with Crippen LogP contribution in [-0.2, 0) is 20.9 Å². The Labute approximate surface area is 110 Å². The molecule has 3 rings (SSSR count). The molecule has 1 saturated heterocycles. The zero-order valence-corrected chi connectivity index (χ0v) is 10.3. The molecule has 0 unspecified atom stereocenters. The maximum absolute atomic E-state index is 12.1. The lowest BCUT2D eigenvalue weighted by molar-refractivity contribution is -0.155. The minimum Gasteiger partial charge on any atom is -0.459 e. The molecule has 5 heteroatoms. The molecule has 1 fully saturated rings. The van der Waals surface area contributed by atoms with Gasteiger partial charge in [0, 0.05) is 6.54 Å². The third-order valence-electron chi connectivity index (χ3n) is 3.36. The van der Waals surface area contributed by atoms with Gasteiger partial charge in [-0.3, -0.25) is 5.32 Å². The van der Waals surface area contributed by atoms with Crippen LogP contribution in [0.4, 0.5) is 0 Å². The van der Waals surface area contributed by atoms with Crippen LogP contribution < -0.4 is 5.32 Å². The molecule has 0 aromatic heterocycles. The second-order valence-electron chi connectivity index (χ2n) is 4.72. The number of carbonyl (C=O) groups excluding carboxylic acids is 1. The average Bonchev–Trinajstić information content (AvgIpc) is 3.14. The van der Waals surface area contributed by atoms with Crippen LogP contribution in [0.1, 0.15) is 5.56 Å². The maximum Gasteiger partial charge on any atom is 0.331 e. The molecule has 19 heavy (non-hydrogen) atoms. The normalized spacial score (nSPS) is 32.3. The van der Waals surface area contributed by atoms with Crippen LogP contribution in [0, 0.1) is 0 Å². The highest BCUT2D eigenvalue weighted by atomic mass is 16.6. The van der Waals surface area contributed by atoms with Crippen molar-refractivity contribution in [3.8, 4) is 0 Å². The molecular weight excluding hydrogens is 246 g/mol. The number of aliphatic hydroxyl groups is 1. The highest BCUT2D eigenvalue weighted by Crippen LogP contribution is 2.31. The van der Waals surface area contributed by atoms with Crippen molar-refractivity contribution in [2.75, 3.05) is 6.54 Å². The standard InChI is InChI=1S/C14H15NO4/c16-12-7-6-11(19-12)14(9-15-14)13(17)18-8-10-4-2-1-3-5-10/h1-7,11-12,15-16H,8-9H2/t11-,12-,14-/m0/s1. The molecule has 0 aliphatic carbocycles. The Bertz CT molecular complexity index is 495. The molecule has 1 aromatic rings. The van der Waals surface area contributed by atoms with Crippen molar-refractivity contribution in [1.82, 2.24) is 5.32 Å². The summed E-state index contributed by atoms with van der Waals surface area (Å²) in [4.78, 5) is 12.1. The quantitative estimate of drug-likeness (QED) is 0.464. The highest BCUT2D eigenvalue weighted by molar-refractivity contribution is 5.86. The first-order valence-electron chi connectivity index (χ1n) is 6.19. The van der Waals surface area contributed by atoms with E-state index in [-0.39, 0.29) is 12.6 Å². The van der Waals surface area contributed by atoms with Gasteiger partial charge in [0.25, 0.3) is 0 Å². The van der Waals surface area contributed by atoms with Gasteiger partial charge in [0.2, 0.25) is 0 Å². The molecular formula is C14H15NO4. The van der Waals surface area contributed by atoms with E-state index in [9.17, 15) is 9.90 Å². The van der Waals surface area contributed by atoms with Crippen molar-refractivity contribution < 1.29 is 19.4 Å². The summed E-state index contributed by atoms with van der Waals surface area (Å²) in [6.45, 7) is 0.741. The largest absolute Gasteiger partial charge is 0.459 e. The van der Waals surface area contributed by atoms with E-state index in [0.29, 0.717) is 6.54 Å². The number of benzene rings is 1. The van der Waals surface area contributed by atoms with Gasteiger partial charge in [0.15, 0.2) is 11.8 Å². The minimum atomic E-state index is -0.939. The van der Waals surface area contributed by atoms with E-state index in [4.69, 9.17) is 9.47 Å². The number of ether oxygens (including phenoxy) is 2. The number of aliphatic hydroxyl groups excluding tert-OH is 1. The number of nitrogens with one attached hydrogen (secondary N) is 1. The van der Waals surface area contributed by atoms with Crippen molar-refractivity contribution in [1.29, 1.82) is 0 Å². The van der Waals surface area contributed by atoms with Crippen LogP contribution in [0.5, 0.6) is 0 Å². The zero-order chi connectivity index (χ0) is 13.3. The molecule has 2 aliphatic heterocycles. The SMILES string of the molecule is O=C(OCc1ccccc1)[C@@]1([C@@H]2C=C[C@@H](O)O2)CN1. The molecule has 0 amide bonds. The molecule has 3 atom stereocenters. The Morgan fingerprint density at radius 2 is 2.16 bits per heavy atom. The summed E-state index contributed by atoms with van der Waals surface area (Å²) in [6, 6.07) is 9.50. The van der Waals surface area contributed by atoms with Gasteiger partial charge in [-0.05, 0) is 11.6 Å². The van der Waals surface area contributed by atoms with Gasteiger partial charge in [-0.1, -0.05) is 36.4 Å². The first kappa shape index (κ1) is 12.3. The lowest BCUT2D eigenvalue weighted by Crippen LogP contribution is -2.42. The van der Waals surface area contributed by atoms with Gasteiger partial charge in [0.05, 0.1) is 0 Å². The van der Waals surface area contributed by atoms with Gasteiger partial charge >= 0.3 is 5.97 Å². The van der Waals surface area contributed by atoms with Gasteiger partial charge in [0.1, 0.15) is 12.7 Å². The smallest absolute Gasteiger partial charge is 0.331 e. The molecule has 0 bridgehead atoms. The summed E-state index contributed by atoms with van der Waals surface area (Å²) < 4.78 is 10.5. The van der Waals surface area contributed by atoms with Crippen LogP contribution in [0.2, 0.25) is 0 Å². The van der Waals surface area contributed by atoms with E-state index in [1.54, 1.807) is 6.08 Å². The first-order valence-corrected chi connectivity index (χ1v) is 6.19. The topological polar surface area (TPSA) is 77.7 Å². The molecule has 2 aliphatic rings. The first-order chi connectivity index (χ1) is 9.21. The Balaban J connectivity index is 1.60. The van der Waals surface area contributed by atoms with E-state index in [1.807, 2.05) is 30.3 Å². The van der Waals surface area contributed by atoms with Gasteiger partial charge in [-0.2, -0.15) is 0 Å². The van der Waals surface area contributed by atoms with E-state index in [2.05, 4.69) is 5.32 Å². The van der Waals surface area contributed by atoms with Crippen molar-refractivity contribution in [3.63, 3.8) is 0 Å². The fourth-order valence-corrected chi connectivity index (χ4v) is 2.13. The van der Waals surface area contributed by atoms with Crippen LogP contribution in [-0.4, -0.2) is 35.6 Å². The Hall–Kier alpha value is -1.69. The Morgan fingerprint density at radius 3 is 2.74 bits per heavy atom. The molecule has 2 heterocycles. The van der Waals surface area contributed by atoms with Crippen molar-refractivity contribution >= 4 is 5.97 Å². The fraction of sp³-hybridized carbons (Fsp3) is 0.357. The molecule has 2 N–H and O–H groups in total. The van der Waals surface area contributed by atoms with E-state index >= 15 is 0 Å². The van der Waals surface area contributed by atoms with Crippen LogP contribution in [0.3, 0.4) is 0 Å². The molecule has 0 spiro atoms. The minimum absolute atomic E-state index is 0.238. The molecule has 0 radical (unpaired) electrons. The van der Waals surface area contributed by atoms with Crippen molar-refractivity contribution in [2.24, 2.45) is 0 Å². The summed E-state index contributed by atoms with van der Waals surface area (Å²) in [5.74, 6) is -0.347. The van der Waals surface area contributed by atoms with Crippen molar-refractivity contribution in [3.05, 3.63) is 48.0 Å². The average molecular weight is 261 g/mol. The number of hydrogen-bond acceptors (Lipinski definition) is 5. The maximum atomic E-state index is 12.1. The summed E-state index contributed by atoms with van der Waals surface area (Å²) in [7, 11) is 0. The summed E-state index contributed by atoms with van der Waals surface area (Å²) in [5.41, 5.74) is 0.109. The monoisotopic (exact) mass is 261 g/mol. The Morgan fingerprint density at radius 1 is 1.42 bits per heavy atom. The number of esters is 1. The van der Waals surface area contributed by atoms with Gasteiger partial charge < -0.3 is 14.6 Å². The number of rotatable bonds is 4. The van der Waals surface area contributed by atoms with Crippen LogP contribution in [0.25, 0.3) is 0 Å². The zero-order valence-electron chi connectivity index (χ0n) is 10.3. The van der Waals surface area contributed by atoms with Crippen molar-refractivity contribution in [2.45, 2.75) is 24.5 Å². The second-order valence-corrected chi connectivity index (χ2v) is 4.72. The molecule has 100 valence electrons. The predicted octanol–water partition coefficient (Wildman–Crippen LogP) is 0.345. The highest BCUT2D eigenvalue weighted by Gasteiger charge is 2.58.